The fourth-order valence-corrected chi connectivity index (χ4v) is 6.11. The van der Waals surface area contributed by atoms with Crippen molar-refractivity contribution in [2.24, 2.45) is 4.99 Å². The minimum Gasteiger partial charge on any atom is -0.350 e. The Morgan fingerprint density at radius 1 is 0.396 bits per heavy atom. The summed E-state index contributed by atoms with van der Waals surface area (Å²) in [4.78, 5) is 15.3. The first kappa shape index (κ1) is 29.2. The molecule has 6 aromatic carbocycles. The lowest BCUT2D eigenvalue weighted by molar-refractivity contribution is 0.409. The quantitative estimate of drug-likeness (QED) is 0.187. The molecule has 8 rings (SSSR count). The third-order valence-corrected chi connectivity index (χ3v) is 8.57. The molecule has 0 fully saturated rings. The van der Waals surface area contributed by atoms with E-state index in [0.717, 1.165) is 61.7 Å². The number of amidine groups is 1. The summed E-state index contributed by atoms with van der Waals surface area (Å²) in [6.45, 7) is 0. The number of benzene rings is 6. The zero-order chi connectivity index (χ0) is 32.1. The molecule has 0 spiro atoms. The third-order valence-electron chi connectivity index (χ3n) is 8.57. The van der Waals surface area contributed by atoms with Crippen LogP contribution in [0.3, 0.4) is 0 Å². The summed E-state index contributed by atoms with van der Waals surface area (Å²) in [5.41, 5.74) is 10.3. The second-order valence-corrected chi connectivity index (χ2v) is 11.8. The molecular formula is C43H33N5. The summed E-state index contributed by atoms with van der Waals surface area (Å²) in [5.74, 6) is 1.56. The molecule has 2 atom stereocenters. The van der Waals surface area contributed by atoms with E-state index in [0.29, 0.717) is 5.82 Å². The molecule has 1 aliphatic rings. The lowest BCUT2D eigenvalue weighted by atomic mass is 9.99. The van der Waals surface area contributed by atoms with E-state index in [1.165, 1.54) is 0 Å². The van der Waals surface area contributed by atoms with Crippen molar-refractivity contribution >= 4 is 5.84 Å². The van der Waals surface area contributed by atoms with Gasteiger partial charge in [-0.1, -0.05) is 158 Å². The molecule has 7 aromatic rings. The van der Waals surface area contributed by atoms with Gasteiger partial charge in [-0.3, -0.25) is 5.32 Å². The number of nitrogens with zero attached hydrogens (tertiary/aromatic N) is 3. The van der Waals surface area contributed by atoms with E-state index in [-0.39, 0.29) is 12.3 Å². The van der Waals surface area contributed by atoms with Gasteiger partial charge in [0.05, 0.1) is 11.4 Å². The molecule has 0 saturated heterocycles. The van der Waals surface area contributed by atoms with Gasteiger partial charge >= 0.3 is 0 Å². The van der Waals surface area contributed by atoms with Crippen molar-refractivity contribution in [2.75, 3.05) is 0 Å². The Hall–Kier alpha value is -6.17. The number of hydrogen-bond donors (Lipinski definition) is 2. The molecule has 0 radical (unpaired) electrons. The predicted octanol–water partition coefficient (Wildman–Crippen LogP) is 9.48. The van der Waals surface area contributed by atoms with E-state index in [1.54, 1.807) is 0 Å². The second-order valence-electron chi connectivity index (χ2n) is 11.8. The van der Waals surface area contributed by atoms with Crippen LogP contribution in [0.5, 0.6) is 0 Å². The van der Waals surface area contributed by atoms with E-state index in [2.05, 4.69) is 126 Å². The highest BCUT2D eigenvalue weighted by molar-refractivity contribution is 5.99. The predicted molar refractivity (Wildman–Crippen MR) is 195 cm³/mol. The van der Waals surface area contributed by atoms with E-state index in [4.69, 9.17) is 15.0 Å². The number of aromatic nitrogens is 2. The van der Waals surface area contributed by atoms with Crippen LogP contribution in [0.2, 0.25) is 0 Å². The van der Waals surface area contributed by atoms with Crippen LogP contribution in [-0.2, 0) is 0 Å². The Kier molecular flexibility index (Phi) is 8.09. The maximum absolute atomic E-state index is 5.15. The van der Waals surface area contributed by atoms with Gasteiger partial charge in [-0.05, 0) is 40.5 Å². The summed E-state index contributed by atoms with van der Waals surface area (Å²) >= 11 is 0. The van der Waals surface area contributed by atoms with Crippen molar-refractivity contribution in [3.8, 4) is 45.0 Å². The largest absolute Gasteiger partial charge is 0.350 e. The Bertz CT molecular complexity index is 2120. The SMILES string of the molecule is c1ccc(C2=NC(c3cccc(-c4cccc(-c5nc(-c6ccccc6)cc(-c6ccccc6)n5)c4)c3)NC(c3ccccc3)N2)cc1. The zero-order valence-corrected chi connectivity index (χ0v) is 26.2. The summed E-state index contributed by atoms with van der Waals surface area (Å²) < 4.78 is 0. The smallest absolute Gasteiger partial charge is 0.160 e. The number of hydrogen-bond acceptors (Lipinski definition) is 5. The van der Waals surface area contributed by atoms with Gasteiger partial charge in [-0.15, -0.1) is 0 Å². The van der Waals surface area contributed by atoms with Crippen molar-refractivity contribution < 1.29 is 0 Å². The molecule has 0 bridgehead atoms. The molecule has 230 valence electrons. The van der Waals surface area contributed by atoms with Crippen molar-refractivity contribution in [2.45, 2.75) is 12.3 Å². The highest BCUT2D eigenvalue weighted by atomic mass is 15.3. The molecule has 2 unspecified atom stereocenters. The maximum Gasteiger partial charge on any atom is 0.160 e. The van der Waals surface area contributed by atoms with Crippen LogP contribution in [0.25, 0.3) is 45.0 Å². The van der Waals surface area contributed by atoms with Crippen LogP contribution in [0.4, 0.5) is 0 Å². The summed E-state index contributed by atoms with van der Waals surface area (Å²) in [6.07, 6.45) is -0.335. The van der Waals surface area contributed by atoms with Gasteiger partial charge in [-0.25, -0.2) is 15.0 Å². The molecule has 48 heavy (non-hydrogen) atoms. The molecule has 0 amide bonds. The lowest BCUT2D eigenvalue weighted by Crippen LogP contribution is -2.44. The molecule has 1 aliphatic heterocycles. The molecule has 2 N–H and O–H groups in total. The second kappa shape index (κ2) is 13.3. The fourth-order valence-electron chi connectivity index (χ4n) is 6.11. The van der Waals surface area contributed by atoms with E-state index in [9.17, 15) is 0 Å². The van der Waals surface area contributed by atoms with Gasteiger partial charge in [0, 0.05) is 22.3 Å². The van der Waals surface area contributed by atoms with Crippen LogP contribution in [0.1, 0.15) is 29.0 Å². The fraction of sp³-hybridized carbons (Fsp3) is 0.0465. The topological polar surface area (TPSA) is 62.2 Å². The van der Waals surface area contributed by atoms with Crippen LogP contribution < -0.4 is 10.6 Å². The lowest BCUT2D eigenvalue weighted by Gasteiger charge is -2.32. The van der Waals surface area contributed by atoms with Crippen LogP contribution in [0, 0.1) is 0 Å². The van der Waals surface area contributed by atoms with Gasteiger partial charge in [-0.2, -0.15) is 0 Å². The zero-order valence-electron chi connectivity index (χ0n) is 26.2. The Balaban J connectivity index is 1.16. The van der Waals surface area contributed by atoms with Gasteiger partial charge < -0.3 is 5.32 Å². The van der Waals surface area contributed by atoms with Gasteiger partial charge in [0.1, 0.15) is 18.2 Å². The molecular weight excluding hydrogens is 587 g/mol. The minimum atomic E-state index is -0.242. The van der Waals surface area contributed by atoms with Crippen molar-refractivity contribution in [3.05, 3.63) is 193 Å². The molecule has 2 heterocycles. The Morgan fingerprint density at radius 2 is 0.875 bits per heavy atom. The molecule has 5 nitrogen and oxygen atoms in total. The summed E-state index contributed by atoms with van der Waals surface area (Å²) in [6, 6.07) is 60.5. The van der Waals surface area contributed by atoms with E-state index >= 15 is 0 Å². The summed E-state index contributed by atoms with van der Waals surface area (Å²) in [7, 11) is 0. The standard InChI is InChI=1S/C43H33N5/c1-5-15-30(16-6-1)38-29-39(31-17-7-2-8-18-31)45-42(44-38)36-25-13-23-34(27-36)35-24-14-26-37(28-35)43-47-40(32-19-9-3-10-20-32)46-41(48-43)33-21-11-4-12-22-33/h1-29,40,43,47H,(H,46,48). The Labute approximate surface area is 280 Å². The van der Waals surface area contributed by atoms with Gasteiger partial charge in [0.2, 0.25) is 0 Å². The van der Waals surface area contributed by atoms with Crippen molar-refractivity contribution in [1.82, 2.24) is 20.6 Å². The third kappa shape index (κ3) is 6.27. The van der Waals surface area contributed by atoms with Crippen LogP contribution in [-0.4, -0.2) is 15.8 Å². The van der Waals surface area contributed by atoms with Gasteiger partial charge in [0.25, 0.3) is 0 Å². The molecule has 1 aromatic heterocycles. The maximum atomic E-state index is 5.15. The Morgan fingerprint density at radius 3 is 1.50 bits per heavy atom. The van der Waals surface area contributed by atoms with Crippen molar-refractivity contribution in [3.63, 3.8) is 0 Å². The van der Waals surface area contributed by atoms with E-state index < -0.39 is 0 Å². The summed E-state index contributed by atoms with van der Waals surface area (Å²) in [5, 5.41) is 7.34. The number of aliphatic imine (C=N–C) groups is 1. The molecule has 0 saturated carbocycles. The first-order valence-corrected chi connectivity index (χ1v) is 16.2. The van der Waals surface area contributed by atoms with Crippen molar-refractivity contribution in [1.29, 1.82) is 0 Å². The highest BCUT2D eigenvalue weighted by Gasteiger charge is 2.25. The van der Waals surface area contributed by atoms with Crippen LogP contribution >= 0.6 is 0 Å². The first-order valence-electron chi connectivity index (χ1n) is 16.2. The minimum absolute atomic E-state index is 0.0938. The van der Waals surface area contributed by atoms with E-state index in [1.807, 2.05) is 60.7 Å². The molecule has 0 aliphatic carbocycles. The molecule has 5 heteroatoms. The average molecular weight is 620 g/mol. The van der Waals surface area contributed by atoms with Crippen LogP contribution in [0.15, 0.2) is 181 Å². The first-order chi connectivity index (χ1) is 23.8. The highest BCUT2D eigenvalue weighted by Crippen LogP contribution is 2.32. The number of rotatable bonds is 7. The average Bonchev–Trinajstić information content (AvgIpc) is 3.19. The van der Waals surface area contributed by atoms with Gasteiger partial charge in [0.15, 0.2) is 5.82 Å². The monoisotopic (exact) mass is 619 g/mol. The number of nitrogens with one attached hydrogen (secondary N) is 2. The normalized spacial score (nSPS) is 15.7.